The third-order valence-corrected chi connectivity index (χ3v) is 17.4. The number of hydrogen-bond acceptors (Lipinski definition) is 12. The highest BCUT2D eigenvalue weighted by molar-refractivity contribution is 5.93. The molecule has 0 spiro atoms. The second-order valence-electron chi connectivity index (χ2n) is 23.7. The number of carbonyl (C=O) groups is 3. The van der Waals surface area contributed by atoms with Crippen LogP contribution in [-0.4, -0.2) is 124 Å². The van der Waals surface area contributed by atoms with Crippen LogP contribution in [0.25, 0.3) is 0 Å². The number of likely N-dealkylation sites (N-methyl/N-ethyl adjacent to an activating group) is 1. The van der Waals surface area contributed by atoms with Crippen LogP contribution in [0, 0.1) is 28.6 Å². The third-order valence-electron chi connectivity index (χ3n) is 17.4. The molecule has 3 saturated carbocycles. The smallest absolute Gasteiger partial charge is 0.273 e. The Labute approximate surface area is 391 Å². The van der Waals surface area contributed by atoms with Crippen LogP contribution in [0.1, 0.15) is 187 Å². The first-order valence-corrected chi connectivity index (χ1v) is 25.3. The van der Waals surface area contributed by atoms with Crippen molar-refractivity contribution >= 4 is 17.7 Å². The molecule has 9 rings (SSSR count). The molecule has 6 fully saturated rings. The van der Waals surface area contributed by atoms with E-state index >= 15 is 0 Å². The summed E-state index contributed by atoms with van der Waals surface area (Å²) in [5.41, 5.74) is 0.833. The molecule has 362 valence electrons. The van der Waals surface area contributed by atoms with Crippen molar-refractivity contribution in [2.45, 2.75) is 180 Å². The maximum absolute atomic E-state index is 14.0. The monoisotopic (exact) mass is 912 g/mol. The SMILES string of the molecule is CC(CCC(C)(C)[C@@H]1CN(C)C[C@@H]1NC(=O)c1cc(C2CC2)on1)N1C[C@H](NC(=O)c2cc(C3CC3)on2)[C@H](C(C)(C)CC2[C@@H](C)[C@H](NC(=O)c3cc(C4(C)CCC4)on3)CN2C(C)C)C1. The fourth-order valence-corrected chi connectivity index (χ4v) is 12.1. The zero-order valence-electron chi connectivity index (χ0n) is 41.3. The van der Waals surface area contributed by atoms with Crippen LogP contribution in [0.5, 0.6) is 0 Å². The molecular formula is C51H77N9O6. The molecule has 8 atom stereocenters. The molecule has 66 heavy (non-hydrogen) atoms. The summed E-state index contributed by atoms with van der Waals surface area (Å²) in [4.78, 5) is 48.6. The second kappa shape index (κ2) is 18.1. The lowest BCUT2D eigenvalue weighted by molar-refractivity contribution is 0.0777. The van der Waals surface area contributed by atoms with Crippen LogP contribution in [0.15, 0.2) is 31.8 Å². The van der Waals surface area contributed by atoms with Crippen molar-refractivity contribution in [3.8, 4) is 0 Å². The van der Waals surface area contributed by atoms with E-state index in [1.807, 2.05) is 18.2 Å². The molecule has 3 N–H and O–H groups in total. The largest absolute Gasteiger partial charge is 0.360 e. The normalized spacial score (nSPS) is 29.0. The lowest BCUT2D eigenvalue weighted by atomic mass is 9.69. The molecule has 15 heteroatoms. The van der Waals surface area contributed by atoms with Gasteiger partial charge in [-0.3, -0.25) is 24.2 Å². The number of hydrogen-bond donors (Lipinski definition) is 3. The molecule has 0 radical (unpaired) electrons. The molecule has 6 heterocycles. The highest BCUT2D eigenvalue weighted by Crippen LogP contribution is 2.46. The van der Waals surface area contributed by atoms with E-state index in [2.05, 4.69) is 115 Å². The van der Waals surface area contributed by atoms with E-state index in [0.29, 0.717) is 28.9 Å². The number of aromatic nitrogens is 3. The topological polar surface area (TPSA) is 175 Å². The van der Waals surface area contributed by atoms with Gasteiger partial charge in [0.2, 0.25) is 0 Å². The van der Waals surface area contributed by atoms with Crippen molar-refractivity contribution in [3.05, 3.63) is 52.6 Å². The van der Waals surface area contributed by atoms with E-state index in [4.69, 9.17) is 13.6 Å². The van der Waals surface area contributed by atoms with E-state index in [1.165, 1.54) is 6.42 Å². The van der Waals surface area contributed by atoms with Gasteiger partial charge < -0.3 is 34.4 Å². The Morgan fingerprint density at radius 1 is 0.727 bits per heavy atom. The Morgan fingerprint density at radius 2 is 1.26 bits per heavy atom. The zero-order chi connectivity index (χ0) is 46.9. The van der Waals surface area contributed by atoms with Gasteiger partial charge in [-0.25, -0.2) is 0 Å². The number of likely N-dealkylation sites (tertiary alicyclic amines) is 3. The van der Waals surface area contributed by atoms with Gasteiger partial charge in [0.1, 0.15) is 17.3 Å². The Kier molecular flexibility index (Phi) is 12.9. The number of nitrogens with zero attached hydrogens (tertiary/aromatic N) is 6. The molecule has 3 aromatic rings. The summed E-state index contributed by atoms with van der Waals surface area (Å²) < 4.78 is 16.8. The number of amides is 3. The molecule has 3 saturated heterocycles. The summed E-state index contributed by atoms with van der Waals surface area (Å²) in [6.45, 7) is 24.8. The van der Waals surface area contributed by atoms with Gasteiger partial charge in [0.25, 0.3) is 17.7 Å². The van der Waals surface area contributed by atoms with E-state index in [9.17, 15) is 14.4 Å². The van der Waals surface area contributed by atoms with Gasteiger partial charge >= 0.3 is 0 Å². The molecule has 0 aromatic carbocycles. The molecular weight excluding hydrogens is 835 g/mol. The van der Waals surface area contributed by atoms with E-state index in [-0.39, 0.29) is 88.0 Å². The lowest BCUT2D eigenvalue weighted by Gasteiger charge is -2.41. The lowest BCUT2D eigenvalue weighted by Crippen LogP contribution is -2.48. The van der Waals surface area contributed by atoms with Gasteiger partial charge in [0.15, 0.2) is 17.1 Å². The van der Waals surface area contributed by atoms with Crippen molar-refractivity contribution in [3.63, 3.8) is 0 Å². The van der Waals surface area contributed by atoms with E-state index < -0.39 is 0 Å². The first-order valence-electron chi connectivity index (χ1n) is 25.3. The van der Waals surface area contributed by atoms with E-state index in [1.54, 1.807) is 0 Å². The third kappa shape index (κ3) is 9.77. The molecule has 0 bridgehead atoms. The predicted octanol–water partition coefficient (Wildman–Crippen LogP) is 7.38. The van der Waals surface area contributed by atoms with Crippen LogP contribution in [0.4, 0.5) is 0 Å². The van der Waals surface area contributed by atoms with Gasteiger partial charge in [-0.2, -0.15) is 0 Å². The molecule has 6 aliphatic rings. The van der Waals surface area contributed by atoms with Crippen LogP contribution in [0.2, 0.25) is 0 Å². The van der Waals surface area contributed by atoms with Crippen molar-refractivity contribution in [1.29, 1.82) is 0 Å². The second-order valence-corrected chi connectivity index (χ2v) is 23.7. The van der Waals surface area contributed by atoms with Crippen LogP contribution >= 0.6 is 0 Å². The average Bonchev–Trinajstić information content (AvgIpc) is 3.80. The summed E-state index contributed by atoms with van der Waals surface area (Å²) in [5, 5.41) is 22.7. The van der Waals surface area contributed by atoms with Gasteiger partial charge in [-0.05, 0) is 114 Å². The summed E-state index contributed by atoms with van der Waals surface area (Å²) in [6, 6.07) is 6.14. The highest BCUT2D eigenvalue weighted by atomic mass is 16.5. The van der Waals surface area contributed by atoms with Crippen molar-refractivity contribution in [2.24, 2.45) is 28.6 Å². The standard InChI is InChI=1S/C51H77N9O6/c1-29(2)60-28-39(52-48(63)38-22-45(66-57-38)51(9)17-11-18-51)31(4)42(60)23-50(7,8)35-25-59(27-41(35)54-47(62)37-21-44(65-56-37)33-14-15-33)30(3)16-19-49(5,6)34-24-58(10)26-40(34)53-46(61)36-20-43(64-55-36)32-12-13-32/h20-22,29-35,39-42H,11-19,23-28H2,1-10H3,(H,52,63)(H,53,61)(H,54,62)/t30?,31-,34+,35+,39+,40-,41-,42?/m0/s1. The van der Waals surface area contributed by atoms with Gasteiger partial charge in [-0.1, -0.05) is 63.4 Å². The molecule has 3 aliphatic carbocycles. The van der Waals surface area contributed by atoms with Crippen LogP contribution < -0.4 is 16.0 Å². The molecule has 3 aliphatic heterocycles. The summed E-state index contributed by atoms with van der Waals surface area (Å²) in [6.07, 6.45) is 10.5. The van der Waals surface area contributed by atoms with Crippen molar-refractivity contribution < 1.29 is 28.0 Å². The average molecular weight is 912 g/mol. The Hall–Kier alpha value is -4.08. The van der Waals surface area contributed by atoms with Crippen LogP contribution in [0.3, 0.4) is 0 Å². The molecule has 2 unspecified atom stereocenters. The summed E-state index contributed by atoms with van der Waals surface area (Å²) in [7, 11) is 2.14. The summed E-state index contributed by atoms with van der Waals surface area (Å²) >= 11 is 0. The van der Waals surface area contributed by atoms with Gasteiger partial charge in [0, 0.05) is 104 Å². The van der Waals surface area contributed by atoms with Crippen LogP contribution in [-0.2, 0) is 5.41 Å². The quantitative estimate of drug-likeness (QED) is 0.116. The Balaban J connectivity index is 0.873. The number of rotatable bonds is 18. The first-order chi connectivity index (χ1) is 31.3. The first kappa shape index (κ1) is 47.0. The fourth-order valence-electron chi connectivity index (χ4n) is 12.1. The van der Waals surface area contributed by atoms with Gasteiger partial charge in [-0.15, -0.1) is 0 Å². The Morgan fingerprint density at radius 3 is 1.80 bits per heavy atom. The molecule has 15 nitrogen and oxygen atoms in total. The van der Waals surface area contributed by atoms with Gasteiger partial charge in [0.05, 0.1) is 0 Å². The maximum Gasteiger partial charge on any atom is 0.273 e. The fraction of sp³-hybridized carbons (Fsp3) is 0.765. The highest BCUT2D eigenvalue weighted by Gasteiger charge is 2.50. The van der Waals surface area contributed by atoms with Crippen molar-refractivity contribution in [2.75, 3.05) is 39.8 Å². The minimum Gasteiger partial charge on any atom is -0.360 e. The number of nitrogens with one attached hydrogen (secondary N) is 3. The number of carbonyl (C=O) groups excluding carboxylic acids is 3. The van der Waals surface area contributed by atoms with Crippen molar-refractivity contribution in [1.82, 2.24) is 46.1 Å². The summed E-state index contributed by atoms with van der Waals surface area (Å²) in [5.74, 6) is 3.31. The zero-order valence-corrected chi connectivity index (χ0v) is 41.3. The Bertz CT molecular complexity index is 2210. The molecule has 3 aromatic heterocycles. The predicted molar refractivity (Wildman–Crippen MR) is 250 cm³/mol. The maximum atomic E-state index is 14.0. The molecule has 3 amide bonds. The minimum absolute atomic E-state index is 0.00872. The minimum atomic E-state index is -0.179. The van der Waals surface area contributed by atoms with E-state index in [0.717, 1.165) is 108 Å².